The maximum absolute atomic E-state index is 12.2. The Morgan fingerprint density at radius 3 is 2.62 bits per heavy atom. The van der Waals surface area contributed by atoms with Crippen molar-refractivity contribution in [1.29, 1.82) is 0 Å². The van der Waals surface area contributed by atoms with Gasteiger partial charge in [0.1, 0.15) is 0 Å². The van der Waals surface area contributed by atoms with Gasteiger partial charge in [0.15, 0.2) is 0 Å². The van der Waals surface area contributed by atoms with E-state index in [0.29, 0.717) is 5.56 Å². The molecule has 4 nitrogen and oxygen atoms in total. The van der Waals surface area contributed by atoms with Crippen LogP contribution in [0.15, 0.2) is 55.4 Å². The standard InChI is InChI=1S/C19H21IN2O2/c1-13(2)15-9-16(11-21-10-15)19(24)22-12-18(23)17(20)8-14-6-4-3-5-7-14/h3-7,9-11,17-18,23H,1,8,12H2,2H3,(H,22,24)/t17-,18+/m0/s1. The largest absolute Gasteiger partial charge is 0.390 e. The van der Waals surface area contributed by atoms with E-state index in [1.807, 2.05) is 37.3 Å². The molecule has 2 atom stereocenters. The van der Waals surface area contributed by atoms with Gasteiger partial charge in [-0.25, -0.2) is 0 Å². The number of amides is 1. The lowest BCUT2D eigenvalue weighted by Crippen LogP contribution is -2.37. The van der Waals surface area contributed by atoms with Gasteiger partial charge in [-0.3, -0.25) is 9.78 Å². The van der Waals surface area contributed by atoms with Crippen molar-refractivity contribution in [1.82, 2.24) is 10.3 Å². The number of hydrogen-bond acceptors (Lipinski definition) is 3. The lowest BCUT2D eigenvalue weighted by molar-refractivity contribution is 0.0916. The van der Waals surface area contributed by atoms with Crippen LogP contribution in [-0.2, 0) is 6.42 Å². The summed E-state index contributed by atoms with van der Waals surface area (Å²) in [6.07, 6.45) is 3.33. The average Bonchev–Trinajstić information content (AvgIpc) is 2.60. The lowest BCUT2D eigenvalue weighted by Gasteiger charge is -2.18. The molecule has 0 fully saturated rings. The van der Waals surface area contributed by atoms with Crippen molar-refractivity contribution in [3.8, 4) is 0 Å². The summed E-state index contributed by atoms with van der Waals surface area (Å²) < 4.78 is 0.0187. The van der Waals surface area contributed by atoms with Crippen LogP contribution in [0.1, 0.15) is 28.4 Å². The molecule has 0 bridgehead atoms. The monoisotopic (exact) mass is 436 g/mol. The molecule has 1 aromatic heterocycles. The number of benzene rings is 1. The second-order valence-electron chi connectivity index (χ2n) is 5.73. The van der Waals surface area contributed by atoms with E-state index in [-0.39, 0.29) is 16.4 Å². The highest BCUT2D eigenvalue weighted by Crippen LogP contribution is 2.15. The SMILES string of the molecule is C=C(C)c1cncc(C(=O)NC[C@@H](O)[C@@H](I)Cc2ccccc2)c1. The fourth-order valence-electron chi connectivity index (χ4n) is 2.20. The fourth-order valence-corrected chi connectivity index (χ4v) is 2.96. The molecular weight excluding hydrogens is 415 g/mol. The molecule has 1 heterocycles. The molecule has 0 radical (unpaired) electrons. The van der Waals surface area contributed by atoms with Crippen LogP contribution in [0.2, 0.25) is 0 Å². The summed E-state index contributed by atoms with van der Waals surface area (Å²) in [6, 6.07) is 11.7. The Balaban J connectivity index is 1.88. The molecular formula is C19H21IN2O2. The zero-order valence-electron chi connectivity index (χ0n) is 13.6. The number of pyridine rings is 1. The summed E-state index contributed by atoms with van der Waals surface area (Å²) in [5.41, 5.74) is 3.32. The Hall–Kier alpha value is -1.73. The van der Waals surface area contributed by atoms with Crippen molar-refractivity contribution in [3.63, 3.8) is 0 Å². The predicted octanol–water partition coefficient (Wildman–Crippen LogP) is 3.25. The number of aliphatic hydroxyl groups excluding tert-OH is 1. The highest BCUT2D eigenvalue weighted by molar-refractivity contribution is 14.1. The Bertz CT molecular complexity index is 704. The van der Waals surface area contributed by atoms with Gasteiger partial charge in [0.25, 0.3) is 5.91 Å². The van der Waals surface area contributed by atoms with Gasteiger partial charge in [0.2, 0.25) is 0 Å². The first-order valence-corrected chi connectivity index (χ1v) is 8.97. The van der Waals surface area contributed by atoms with Crippen LogP contribution in [0.25, 0.3) is 5.57 Å². The van der Waals surface area contributed by atoms with Crippen LogP contribution in [0.4, 0.5) is 0 Å². The molecule has 1 amide bonds. The number of carbonyl (C=O) groups excluding carboxylic acids is 1. The van der Waals surface area contributed by atoms with E-state index in [4.69, 9.17) is 0 Å². The van der Waals surface area contributed by atoms with Crippen LogP contribution in [0.5, 0.6) is 0 Å². The molecule has 2 aromatic rings. The second-order valence-corrected chi connectivity index (χ2v) is 7.33. The quantitative estimate of drug-likeness (QED) is 0.518. The van der Waals surface area contributed by atoms with Crippen LogP contribution in [0, 0.1) is 0 Å². The molecule has 0 saturated heterocycles. The number of alkyl halides is 1. The van der Waals surface area contributed by atoms with E-state index in [0.717, 1.165) is 17.6 Å². The van der Waals surface area contributed by atoms with Gasteiger partial charge >= 0.3 is 0 Å². The van der Waals surface area contributed by atoms with E-state index in [1.54, 1.807) is 12.3 Å². The molecule has 0 spiro atoms. The van der Waals surface area contributed by atoms with E-state index in [9.17, 15) is 9.90 Å². The first-order chi connectivity index (χ1) is 11.5. The third kappa shape index (κ3) is 5.42. The minimum Gasteiger partial charge on any atom is -0.390 e. The predicted molar refractivity (Wildman–Crippen MR) is 105 cm³/mol. The van der Waals surface area contributed by atoms with Gasteiger partial charge in [-0.2, -0.15) is 0 Å². The summed E-state index contributed by atoms with van der Waals surface area (Å²) in [5, 5.41) is 13.0. The minimum atomic E-state index is -0.618. The number of aromatic nitrogens is 1. The minimum absolute atomic E-state index is 0.0187. The van der Waals surface area contributed by atoms with Gasteiger partial charge in [-0.1, -0.05) is 59.5 Å². The number of hydrogen-bond donors (Lipinski definition) is 2. The van der Waals surface area contributed by atoms with Crippen LogP contribution >= 0.6 is 22.6 Å². The molecule has 5 heteroatoms. The van der Waals surface area contributed by atoms with Crippen molar-refractivity contribution in [2.45, 2.75) is 23.4 Å². The maximum atomic E-state index is 12.2. The summed E-state index contributed by atoms with van der Waals surface area (Å²) >= 11 is 2.22. The maximum Gasteiger partial charge on any atom is 0.252 e. The van der Waals surface area contributed by atoms with Crippen molar-refractivity contribution >= 4 is 34.1 Å². The number of nitrogens with one attached hydrogen (secondary N) is 1. The molecule has 0 aliphatic rings. The first-order valence-electron chi connectivity index (χ1n) is 7.72. The Morgan fingerprint density at radius 1 is 1.29 bits per heavy atom. The normalized spacial score (nSPS) is 13.1. The van der Waals surface area contributed by atoms with Crippen LogP contribution < -0.4 is 5.32 Å². The summed E-state index contributed by atoms with van der Waals surface area (Å²) in [4.78, 5) is 16.3. The Kier molecular flexibility index (Phi) is 6.93. The lowest BCUT2D eigenvalue weighted by atomic mass is 10.1. The summed E-state index contributed by atoms with van der Waals surface area (Å²) in [6.45, 7) is 5.92. The highest BCUT2D eigenvalue weighted by Gasteiger charge is 2.18. The molecule has 2 rings (SSSR count). The highest BCUT2D eigenvalue weighted by atomic mass is 127. The number of rotatable bonds is 7. The number of nitrogens with zero attached hydrogens (tertiary/aromatic N) is 1. The molecule has 2 N–H and O–H groups in total. The third-order valence-electron chi connectivity index (χ3n) is 3.66. The van der Waals surface area contributed by atoms with Crippen molar-refractivity contribution in [2.24, 2.45) is 0 Å². The third-order valence-corrected chi connectivity index (χ3v) is 4.93. The molecule has 0 saturated carbocycles. The van der Waals surface area contributed by atoms with Crippen molar-refractivity contribution < 1.29 is 9.90 Å². The Labute approximate surface area is 156 Å². The molecule has 0 unspecified atom stereocenters. The number of carbonyl (C=O) groups is 1. The van der Waals surface area contributed by atoms with Gasteiger partial charge in [0, 0.05) is 22.9 Å². The van der Waals surface area contributed by atoms with E-state index < -0.39 is 6.10 Å². The zero-order valence-corrected chi connectivity index (χ0v) is 15.7. The van der Waals surface area contributed by atoms with Crippen molar-refractivity contribution in [2.75, 3.05) is 6.54 Å². The van der Waals surface area contributed by atoms with E-state index in [2.05, 4.69) is 39.5 Å². The molecule has 1 aromatic carbocycles. The topological polar surface area (TPSA) is 62.2 Å². The van der Waals surface area contributed by atoms with E-state index in [1.165, 1.54) is 11.8 Å². The zero-order chi connectivity index (χ0) is 17.5. The van der Waals surface area contributed by atoms with Crippen LogP contribution in [-0.4, -0.2) is 32.6 Å². The summed E-state index contributed by atoms with van der Waals surface area (Å²) in [7, 11) is 0. The smallest absolute Gasteiger partial charge is 0.252 e. The number of halogens is 1. The summed E-state index contributed by atoms with van der Waals surface area (Å²) in [5.74, 6) is -0.243. The fraction of sp³-hybridized carbons (Fsp3) is 0.263. The number of allylic oxidation sites excluding steroid dienone is 1. The molecule has 0 aliphatic carbocycles. The average molecular weight is 436 g/mol. The first kappa shape index (κ1) is 18.6. The Morgan fingerprint density at radius 2 is 1.96 bits per heavy atom. The van der Waals surface area contributed by atoms with Crippen LogP contribution in [0.3, 0.4) is 0 Å². The molecule has 126 valence electrons. The van der Waals surface area contributed by atoms with Crippen molar-refractivity contribution in [3.05, 3.63) is 72.1 Å². The second kappa shape index (κ2) is 8.94. The number of aliphatic hydroxyl groups is 1. The van der Waals surface area contributed by atoms with Gasteiger partial charge in [-0.05, 0) is 36.1 Å². The van der Waals surface area contributed by atoms with Gasteiger partial charge < -0.3 is 10.4 Å². The molecule has 24 heavy (non-hydrogen) atoms. The van der Waals surface area contributed by atoms with Gasteiger partial charge in [0.05, 0.1) is 11.7 Å². The molecule has 0 aliphatic heterocycles. The van der Waals surface area contributed by atoms with Gasteiger partial charge in [-0.15, -0.1) is 0 Å². The van der Waals surface area contributed by atoms with E-state index >= 15 is 0 Å².